The molecular weight excluding hydrogens is 224 g/mol. The van der Waals surface area contributed by atoms with Crippen LogP contribution in [0.1, 0.15) is 59.3 Å². The standard InChI is InChI=1S/C15H28N2O/c1-4-15(2,3)10-16-14(18)13-9-11-7-5-6-8-12(11)17-13/h11-13,17H,4-10H2,1-3H3,(H,16,18). The van der Waals surface area contributed by atoms with Crippen LogP contribution in [-0.4, -0.2) is 24.5 Å². The minimum absolute atomic E-state index is 0.0609. The lowest BCUT2D eigenvalue weighted by Crippen LogP contribution is -2.45. The van der Waals surface area contributed by atoms with Crippen LogP contribution in [0.25, 0.3) is 0 Å². The lowest BCUT2D eigenvalue weighted by atomic mass is 9.85. The summed E-state index contributed by atoms with van der Waals surface area (Å²) in [5.74, 6) is 0.958. The third-order valence-electron chi connectivity index (χ3n) is 4.88. The summed E-state index contributed by atoms with van der Waals surface area (Å²) in [4.78, 5) is 12.2. The first-order valence-electron chi connectivity index (χ1n) is 7.55. The van der Waals surface area contributed by atoms with Crippen molar-refractivity contribution in [3.8, 4) is 0 Å². The van der Waals surface area contributed by atoms with E-state index in [1.807, 2.05) is 0 Å². The van der Waals surface area contributed by atoms with E-state index in [4.69, 9.17) is 0 Å². The van der Waals surface area contributed by atoms with Gasteiger partial charge < -0.3 is 10.6 Å². The highest BCUT2D eigenvalue weighted by molar-refractivity contribution is 5.82. The molecule has 3 unspecified atom stereocenters. The van der Waals surface area contributed by atoms with E-state index in [1.54, 1.807) is 0 Å². The summed E-state index contributed by atoms with van der Waals surface area (Å²) in [6, 6.07) is 0.666. The molecule has 1 saturated carbocycles. The summed E-state index contributed by atoms with van der Waals surface area (Å²) in [5, 5.41) is 6.66. The average molecular weight is 252 g/mol. The maximum absolute atomic E-state index is 12.2. The van der Waals surface area contributed by atoms with E-state index in [1.165, 1.54) is 25.7 Å². The Bertz CT molecular complexity index is 287. The highest BCUT2D eigenvalue weighted by Gasteiger charge is 2.38. The van der Waals surface area contributed by atoms with E-state index in [9.17, 15) is 4.79 Å². The number of hydrogen-bond donors (Lipinski definition) is 2. The van der Waals surface area contributed by atoms with Crippen LogP contribution in [0, 0.1) is 11.3 Å². The van der Waals surface area contributed by atoms with E-state index >= 15 is 0 Å². The van der Waals surface area contributed by atoms with Gasteiger partial charge in [-0.3, -0.25) is 4.79 Å². The molecule has 0 bridgehead atoms. The molecule has 1 aliphatic heterocycles. The summed E-state index contributed by atoms with van der Waals surface area (Å²) in [7, 11) is 0. The molecule has 1 aliphatic carbocycles. The fourth-order valence-corrected chi connectivity index (χ4v) is 3.10. The molecule has 0 aromatic heterocycles. The van der Waals surface area contributed by atoms with Crippen LogP contribution in [0.3, 0.4) is 0 Å². The first kappa shape index (κ1) is 13.9. The van der Waals surface area contributed by atoms with Crippen molar-refractivity contribution < 1.29 is 4.79 Å². The second-order valence-electron chi connectivity index (χ2n) is 6.84. The minimum Gasteiger partial charge on any atom is -0.354 e. The summed E-state index contributed by atoms with van der Waals surface area (Å²) >= 11 is 0. The number of carbonyl (C=O) groups excluding carboxylic acids is 1. The molecule has 104 valence electrons. The van der Waals surface area contributed by atoms with E-state index in [0.29, 0.717) is 6.04 Å². The van der Waals surface area contributed by atoms with Crippen LogP contribution in [0.4, 0.5) is 0 Å². The van der Waals surface area contributed by atoms with Gasteiger partial charge in [0.1, 0.15) is 0 Å². The molecule has 0 aromatic rings. The van der Waals surface area contributed by atoms with Crippen molar-refractivity contribution in [1.82, 2.24) is 10.6 Å². The SMILES string of the molecule is CCC(C)(C)CNC(=O)C1CC2CCCCC2N1. The number of hydrogen-bond acceptors (Lipinski definition) is 2. The Morgan fingerprint density at radius 2 is 2.06 bits per heavy atom. The van der Waals surface area contributed by atoms with Gasteiger partial charge in [-0.05, 0) is 37.0 Å². The molecular formula is C15H28N2O. The van der Waals surface area contributed by atoms with Crippen LogP contribution in [0.5, 0.6) is 0 Å². The number of nitrogens with one attached hydrogen (secondary N) is 2. The number of fused-ring (bicyclic) bond motifs is 1. The van der Waals surface area contributed by atoms with E-state index < -0.39 is 0 Å². The predicted molar refractivity (Wildman–Crippen MR) is 74.4 cm³/mol. The molecule has 0 radical (unpaired) electrons. The summed E-state index contributed by atoms with van der Waals surface area (Å²) in [6.07, 6.45) is 7.38. The molecule has 1 amide bonds. The maximum atomic E-state index is 12.2. The largest absolute Gasteiger partial charge is 0.354 e. The van der Waals surface area contributed by atoms with Crippen molar-refractivity contribution in [1.29, 1.82) is 0 Å². The molecule has 2 rings (SSSR count). The molecule has 1 saturated heterocycles. The zero-order chi connectivity index (χ0) is 13.2. The fraction of sp³-hybridized carbons (Fsp3) is 0.933. The Balaban J connectivity index is 1.80. The topological polar surface area (TPSA) is 41.1 Å². The molecule has 2 fully saturated rings. The van der Waals surface area contributed by atoms with Crippen molar-refractivity contribution in [2.24, 2.45) is 11.3 Å². The number of carbonyl (C=O) groups is 1. The zero-order valence-corrected chi connectivity index (χ0v) is 12.1. The molecule has 18 heavy (non-hydrogen) atoms. The second-order valence-corrected chi connectivity index (χ2v) is 6.84. The highest BCUT2D eigenvalue weighted by Crippen LogP contribution is 2.33. The normalized spacial score (nSPS) is 32.1. The van der Waals surface area contributed by atoms with Crippen molar-refractivity contribution in [2.75, 3.05) is 6.54 Å². The molecule has 3 atom stereocenters. The van der Waals surface area contributed by atoms with Crippen LogP contribution in [-0.2, 0) is 4.79 Å². The fourth-order valence-electron chi connectivity index (χ4n) is 3.10. The van der Waals surface area contributed by atoms with Gasteiger partial charge in [0.05, 0.1) is 6.04 Å². The summed E-state index contributed by atoms with van der Waals surface area (Å²) in [5.41, 5.74) is 0.209. The molecule has 2 N–H and O–H groups in total. The van der Waals surface area contributed by atoms with Crippen molar-refractivity contribution in [3.63, 3.8) is 0 Å². The van der Waals surface area contributed by atoms with Gasteiger partial charge in [0.15, 0.2) is 0 Å². The van der Waals surface area contributed by atoms with Crippen LogP contribution in [0.2, 0.25) is 0 Å². The van der Waals surface area contributed by atoms with Crippen LogP contribution >= 0.6 is 0 Å². The Morgan fingerprint density at radius 1 is 1.33 bits per heavy atom. The predicted octanol–water partition coefficient (Wildman–Crippen LogP) is 2.46. The molecule has 0 aromatic carbocycles. The minimum atomic E-state index is 0.0609. The van der Waals surface area contributed by atoms with Crippen molar-refractivity contribution in [3.05, 3.63) is 0 Å². The third-order valence-corrected chi connectivity index (χ3v) is 4.88. The smallest absolute Gasteiger partial charge is 0.237 e. The van der Waals surface area contributed by atoms with E-state index in [2.05, 4.69) is 31.4 Å². The third kappa shape index (κ3) is 3.25. The van der Waals surface area contributed by atoms with Crippen LogP contribution in [0.15, 0.2) is 0 Å². The Kier molecular flexibility index (Phi) is 4.31. The quantitative estimate of drug-likeness (QED) is 0.807. The molecule has 1 heterocycles. The van der Waals surface area contributed by atoms with E-state index in [0.717, 1.165) is 25.3 Å². The average Bonchev–Trinajstić information content (AvgIpc) is 2.80. The monoisotopic (exact) mass is 252 g/mol. The Labute approximate surface area is 111 Å². The summed E-state index contributed by atoms with van der Waals surface area (Å²) in [6.45, 7) is 7.37. The van der Waals surface area contributed by atoms with Gasteiger partial charge in [-0.2, -0.15) is 0 Å². The van der Waals surface area contributed by atoms with Gasteiger partial charge in [-0.15, -0.1) is 0 Å². The maximum Gasteiger partial charge on any atom is 0.237 e. The van der Waals surface area contributed by atoms with Gasteiger partial charge in [0.2, 0.25) is 5.91 Å². The molecule has 0 spiro atoms. The van der Waals surface area contributed by atoms with Crippen molar-refractivity contribution in [2.45, 2.75) is 71.4 Å². The highest BCUT2D eigenvalue weighted by atomic mass is 16.2. The summed E-state index contributed by atoms with van der Waals surface area (Å²) < 4.78 is 0. The number of amides is 1. The van der Waals surface area contributed by atoms with Gasteiger partial charge in [0.25, 0.3) is 0 Å². The molecule has 2 aliphatic rings. The van der Waals surface area contributed by atoms with Crippen LogP contribution < -0.4 is 10.6 Å². The first-order chi connectivity index (χ1) is 8.52. The van der Waals surface area contributed by atoms with Gasteiger partial charge in [-0.1, -0.05) is 33.6 Å². The Hall–Kier alpha value is -0.570. The Morgan fingerprint density at radius 3 is 2.72 bits per heavy atom. The second kappa shape index (κ2) is 5.60. The van der Waals surface area contributed by atoms with Gasteiger partial charge in [-0.25, -0.2) is 0 Å². The zero-order valence-electron chi connectivity index (χ0n) is 12.1. The van der Waals surface area contributed by atoms with E-state index in [-0.39, 0.29) is 17.4 Å². The lowest BCUT2D eigenvalue weighted by Gasteiger charge is -2.24. The molecule has 3 nitrogen and oxygen atoms in total. The van der Waals surface area contributed by atoms with Gasteiger partial charge in [0, 0.05) is 12.6 Å². The lowest BCUT2D eigenvalue weighted by molar-refractivity contribution is -0.123. The molecule has 3 heteroatoms. The first-order valence-corrected chi connectivity index (χ1v) is 7.55. The van der Waals surface area contributed by atoms with Gasteiger partial charge >= 0.3 is 0 Å². The van der Waals surface area contributed by atoms with Crippen molar-refractivity contribution >= 4 is 5.91 Å². The number of rotatable bonds is 4.